The predicted octanol–water partition coefficient (Wildman–Crippen LogP) is 1.82. The van der Waals surface area contributed by atoms with Crippen molar-refractivity contribution in [2.24, 2.45) is 17.6 Å². The van der Waals surface area contributed by atoms with Crippen molar-refractivity contribution < 1.29 is 9.53 Å². The van der Waals surface area contributed by atoms with Gasteiger partial charge in [-0.25, -0.2) is 0 Å². The van der Waals surface area contributed by atoms with E-state index < -0.39 is 6.04 Å². The summed E-state index contributed by atoms with van der Waals surface area (Å²) in [5.74, 6) is 0.595. The Kier molecular flexibility index (Phi) is 10.6. The zero-order valence-corrected chi connectivity index (χ0v) is 14.7. The lowest BCUT2D eigenvalue weighted by Crippen LogP contribution is -2.55. The summed E-state index contributed by atoms with van der Waals surface area (Å²) in [4.78, 5) is 14.4. The number of nitrogens with zero attached hydrogens (tertiary/aromatic N) is 1. The Labute approximate surface area is 130 Å². The molecule has 126 valence electrons. The molecule has 3 atom stereocenters. The molecule has 3 unspecified atom stereocenters. The molecule has 1 heterocycles. The van der Waals surface area contributed by atoms with E-state index in [4.69, 9.17) is 10.5 Å². The Bertz CT molecular complexity index is 279. The van der Waals surface area contributed by atoms with Gasteiger partial charge in [0.05, 0.1) is 19.3 Å². The average Bonchev–Trinajstić information content (AvgIpc) is 2.53. The molecule has 0 radical (unpaired) electrons. The Hall–Kier alpha value is -0.650. The molecule has 0 aromatic heterocycles. The summed E-state index contributed by atoms with van der Waals surface area (Å²) in [7, 11) is 1.85. The van der Waals surface area contributed by atoms with Crippen LogP contribution in [0.5, 0.6) is 0 Å². The molecule has 1 aliphatic rings. The summed E-state index contributed by atoms with van der Waals surface area (Å²) in [5.41, 5.74) is 6.16. The van der Waals surface area contributed by atoms with E-state index in [-0.39, 0.29) is 17.9 Å². The molecule has 1 fully saturated rings. The molecular formula is C16H35N3O2. The van der Waals surface area contributed by atoms with Crippen molar-refractivity contribution in [2.75, 3.05) is 26.9 Å². The van der Waals surface area contributed by atoms with Crippen molar-refractivity contribution >= 4 is 5.91 Å². The number of hydrogen-bond donors (Lipinski definition) is 2. The molecule has 3 N–H and O–H groups in total. The third kappa shape index (κ3) is 6.32. The van der Waals surface area contributed by atoms with Gasteiger partial charge in [0.1, 0.15) is 0 Å². The molecule has 1 amide bonds. The second kappa shape index (κ2) is 11.0. The Morgan fingerprint density at radius 1 is 1.38 bits per heavy atom. The fraction of sp³-hybridized carbons (Fsp3) is 0.938. The molecule has 0 aliphatic carbocycles. The fourth-order valence-electron chi connectivity index (χ4n) is 2.39. The first-order valence-corrected chi connectivity index (χ1v) is 8.27. The van der Waals surface area contributed by atoms with Crippen LogP contribution in [0, 0.1) is 11.8 Å². The van der Waals surface area contributed by atoms with E-state index in [9.17, 15) is 4.79 Å². The van der Waals surface area contributed by atoms with E-state index in [0.717, 1.165) is 19.4 Å². The molecule has 0 saturated carbocycles. The van der Waals surface area contributed by atoms with Crippen LogP contribution in [0.25, 0.3) is 0 Å². The van der Waals surface area contributed by atoms with Crippen molar-refractivity contribution in [3.8, 4) is 0 Å². The van der Waals surface area contributed by atoms with Gasteiger partial charge >= 0.3 is 0 Å². The van der Waals surface area contributed by atoms with Gasteiger partial charge in [0.25, 0.3) is 0 Å². The lowest BCUT2D eigenvalue weighted by atomic mass is 9.92. The Morgan fingerprint density at radius 2 is 2.00 bits per heavy atom. The van der Waals surface area contributed by atoms with Crippen LogP contribution >= 0.6 is 0 Å². The number of carbonyl (C=O) groups excluding carboxylic acids is 1. The summed E-state index contributed by atoms with van der Waals surface area (Å²) >= 11 is 0. The lowest BCUT2D eigenvalue weighted by Gasteiger charge is -2.36. The number of hydrogen-bond acceptors (Lipinski definition) is 4. The van der Waals surface area contributed by atoms with Crippen LogP contribution in [0.15, 0.2) is 0 Å². The highest BCUT2D eigenvalue weighted by Crippen LogP contribution is 2.19. The zero-order valence-electron chi connectivity index (χ0n) is 14.7. The van der Waals surface area contributed by atoms with Gasteiger partial charge in [-0.05, 0) is 32.7 Å². The fourth-order valence-corrected chi connectivity index (χ4v) is 2.39. The maximum Gasteiger partial charge on any atom is 0.241 e. The molecule has 0 bridgehead atoms. The number of carbonyl (C=O) groups is 1. The third-order valence-electron chi connectivity index (χ3n) is 4.06. The minimum atomic E-state index is -0.449. The van der Waals surface area contributed by atoms with Crippen molar-refractivity contribution in [1.29, 1.82) is 0 Å². The van der Waals surface area contributed by atoms with Gasteiger partial charge < -0.3 is 20.7 Å². The SMILES string of the molecule is CC.CNCN(C(=O)C(N)C1CCCOC1)C(C)C(C)C. The van der Waals surface area contributed by atoms with E-state index >= 15 is 0 Å². The van der Waals surface area contributed by atoms with E-state index in [1.807, 2.05) is 25.8 Å². The predicted molar refractivity (Wildman–Crippen MR) is 87.9 cm³/mol. The van der Waals surface area contributed by atoms with Gasteiger partial charge in [-0.15, -0.1) is 0 Å². The van der Waals surface area contributed by atoms with Crippen molar-refractivity contribution in [1.82, 2.24) is 10.2 Å². The molecular weight excluding hydrogens is 266 g/mol. The topological polar surface area (TPSA) is 67.6 Å². The zero-order chi connectivity index (χ0) is 16.4. The quantitative estimate of drug-likeness (QED) is 0.734. The summed E-state index contributed by atoms with van der Waals surface area (Å²) in [6.07, 6.45) is 1.98. The maximum atomic E-state index is 12.6. The number of amides is 1. The highest BCUT2D eigenvalue weighted by Gasteiger charge is 2.32. The maximum absolute atomic E-state index is 12.6. The van der Waals surface area contributed by atoms with Crippen LogP contribution < -0.4 is 11.1 Å². The summed E-state index contributed by atoms with van der Waals surface area (Å²) in [6, 6.07) is -0.273. The van der Waals surface area contributed by atoms with Gasteiger partial charge in [-0.2, -0.15) is 0 Å². The lowest BCUT2D eigenvalue weighted by molar-refractivity contribution is -0.138. The molecule has 0 aromatic carbocycles. The normalized spacial score (nSPS) is 21.2. The van der Waals surface area contributed by atoms with Gasteiger partial charge in [-0.1, -0.05) is 27.7 Å². The van der Waals surface area contributed by atoms with Gasteiger partial charge in [0, 0.05) is 18.6 Å². The van der Waals surface area contributed by atoms with E-state index in [1.165, 1.54) is 0 Å². The van der Waals surface area contributed by atoms with Crippen molar-refractivity contribution in [3.05, 3.63) is 0 Å². The second-order valence-electron chi connectivity index (χ2n) is 5.81. The smallest absolute Gasteiger partial charge is 0.241 e. The molecule has 5 heteroatoms. The molecule has 1 aliphatic heterocycles. The van der Waals surface area contributed by atoms with Crippen LogP contribution in [0.4, 0.5) is 0 Å². The molecule has 1 saturated heterocycles. The highest BCUT2D eigenvalue weighted by molar-refractivity contribution is 5.82. The molecule has 5 nitrogen and oxygen atoms in total. The number of nitrogens with two attached hydrogens (primary N) is 1. The standard InChI is InChI=1S/C14H29N3O2.C2H6/c1-10(2)11(3)17(9-16-4)14(18)13(15)12-6-5-7-19-8-12;1-2/h10-13,16H,5-9,15H2,1-4H3;1-2H3. The molecule has 0 spiro atoms. The molecule has 1 rings (SSSR count). The summed E-state index contributed by atoms with van der Waals surface area (Å²) in [6.45, 7) is 12.3. The van der Waals surface area contributed by atoms with E-state index in [0.29, 0.717) is 19.2 Å². The summed E-state index contributed by atoms with van der Waals surface area (Å²) in [5, 5.41) is 3.06. The van der Waals surface area contributed by atoms with Gasteiger partial charge in [0.2, 0.25) is 5.91 Å². The first kappa shape index (κ1) is 20.3. The largest absolute Gasteiger partial charge is 0.381 e. The second-order valence-corrected chi connectivity index (χ2v) is 5.81. The van der Waals surface area contributed by atoms with Gasteiger partial charge in [0.15, 0.2) is 0 Å². The first-order chi connectivity index (χ1) is 9.99. The monoisotopic (exact) mass is 301 g/mol. The molecule has 21 heavy (non-hydrogen) atoms. The average molecular weight is 301 g/mol. The van der Waals surface area contributed by atoms with Crippen LogP contribution in [0.2, 0.25) is 0 Å². The van der Waals surface area contributed by atoms with Crippen LogP contribution in [-0.4, -0.2) is 49.8 Å². The van der Waals surface area contributed by atoms with Crippen LogP contribution in [0.3, 0.4) is 0 Å². The third-order valence-corrected chi connectivity index (χ3v) is 4.06. The van der Waals surface area contributed by atoms with Gasteiger partial charge in [-0.3, -0.25) is 4.79 Å². The number of nitrogens with one attached hydrogen (secondary N) is 1. The minimum Gasteiger partial charge on any atom is -0.381 e. The first-order valence-electron chi connectivity index (χ1n) is 8.27. The Balaban J connectivity index is 0.00000191. The molecule has 0 aromatic rings. The van der Waals surface area contributed by atoms with E-state index in [1.54, 1.807) is 0 Å². The van der Waals surface area contributed by atoms with E-state index in [2.05, 4.69) is 26.1 Å². The van der Waals surface area contributed by atoms with Crippen LogP contribution in [-0.2, 0) is 9.53 Å². The highest BCUT2D eigenvalue weighted by atomic mass is 16.5. The van der Waals surface area contributed by atoms with Crippen molar-refractivity contribution in [2.45, 2.75) is 59.5 Å². The minimum absolute atomic E-state index is 0.0334. The summed E-state index contributed by atoms with van der Waals surface area (Å²) < 4.78 is 5.43. The van der Waals surface area contributed by atoms with Crippen LogP contribution in [0.1, 0.15) is 47.5 Å². The Morgan fingerprint density at radius 3 is 2.43 bits per heavy atom. The van der Waals surface area contributed by atoms with Crippen molar-refractivity contribution in [3.63, 3.8) is 0 Å². The number of ether oxygens (including phenoxy) is 1. The number of rotatable bonds is 6.